The number of anilines is 1. The van der Waals surface area contributed by atoms with E-state index in [4.69, 9.17) is 27.9 Å². The van der Waals surface area contributed by atoms with Crippen molar-refractivity contribution in [1.29, 1.82) is 0 Å². The number of carbonyl (C=O) groups excluding carboxylic acids is 3. The fourth-order valence-electron chi connectivity index (χ4n) is 2.92. The first-order chi connectivity index (χ1) is 13.3. The van der Waals surface area contributed by atoms with Gasteiger partial charge in [-0.05, 0) is 31.2 Å². The van der Waals surface area contributed by atoms with E-state index >= 15 is 0 Å². The summed E-state index contributed by atoms with van der Waals surface area (Å²) in [6.45, 7) is 3.15. The number of aromatic amines is 1. The lowest BCUT2D eigenvalue weighted by atomic mass is 10.0. The van der Waals surface area contributed by atoms with E-state index in [9.17, 15) is 14.4 Å². The number of aromatic nitrogens is 1. The largest absolute Gasteiger partial charge is 0.462 e. The third-order valence-electron chi connectivity index (χ3n) is 4.00. The van der Waals surface area contributed by atoms with E-state index < -0.39 is 17.7 Å². The highest BCUT2D eigenvalue weighted by atomic mass is 35.5. The molecular weight excluding hydrogens is 403 g/mol. The molecule has 3 aromatic rings. The highest BCUT2D eigenvalue weighted by Crippen LogP contribution is 2.35. The van der Waals surface area contributed by atoms with Crippen LogP contribution in [0.2, 0.25) is 10.0 Å². The number of ether oxygens (including phenoxy) is 1. The first kappa shape index (κ1) is 19.9. The lowest BCUT2D eigenvalue weighted by Crippen LogP contribution is -2.12. The zero-order chi connectivity index (χ0) is 20.4. The molecule has 144 valence electrons. The third kappa shape index (κ3) is 3.74. The number of ketones is 1. The maximum absolute atomic E-state index is 13.1. The molecule has 2 aromatic carbocycles. The van der Waals surface area contributed by atoms with Crippen LogP contribution in [0.25, 0.3) is 10.9 Å². The van der Waals surface area contributed by atoms with Gasteiger partial charge in [0.25, 0.3) is 0 Å². The molecule has 0 fully saturated rings. The number of esters is 1. The second-order valence-electron chi connectivity index (χ2n) is 5.96. The van der Waals surface area contributed by atoms with Crippen LogP contribution in [-0.2, 0) is 9.53 Å². The number of amides is 1. The highest BCUT2D eigenvalue weighted by Gasteiger charge is 2.26. The molecule has 0 saturated heterocycles. The summed E-state index contributed by atoms with van der Waals surface area (Å²) in [5.74, 6) is -1.45. The number of fused-ring (bicyclic) bond motifs is 1. The molecule has 2 N–H and O–H groups in total. The van der Waals surface area contributed by atoms with Crippen LogP contribution in [0.15, 0.2) is 36.4 Å². The molecule has 8 heteroatoms. The summed E-state index contributed by atoms with van der Waals surface area (Å²) < 4.78 is 5.09. The van der Waals surface area contributed by atoms with Gasteiger partial charge in [-0.2, -0.15) is 0 Å². The van der Waals surface area contributed by atoms with Gasteiger partial charge in [0.2, 0.25) is 11.7 Å². The summed E-state index contributed by atoms with van der Waals surface area (Å²) in [4.78, 5) is 40.3. The molecule has 1 amide bonds. The number of H-pyrrole nitrogens is 1. The molecule has 0 spiro atoms. The molecule has 6 nitrogen and oxygen atoms in total. The number of benzene rings is 2. The van der Waals surface area contributed by atoms with Gasteiger partial charge >= 0.3 is 5.97 Å². The van der Waals surface area contributed by atoms with Crippen LogP contribution in [0.1, 0.15) is 40.3 Å². The van der Waals surface area contributed by atoms with Gasteiger partial charge < -0.3 is 15.0 Å². The Balaban J connectivity index is 2.30. The average molecular weight is 419 g/mol. The monoisotopic (exact) mass is 418 g/mol. The molecular formula is C20H16Cl2N2O4. The zero-order valence-electron chi connectivity index (χ0n) is 15.1. The molecule has 28 heavy (non-hydrogen) atoms. The molecule has 0 atom stereocenters. The summed E-state index contributed by atoms with van der Waals surface area (Å²) >= 11 is 12.3. The van der Waals surface area contributed by atoms with Crippen molar-refractivity contribution >= 4 is 57.5 Å². The van der Waals surface area contributed by atoms with Crippen LogP contribution >= 0.6 is 23.2 Å². The first-order valence-corrected chi connectivity index (χ1v) is 9.18. The summed E-state index contributed by atoms with van der Waals surface area (Å²) in [6.07, 6.45) is 0. The Bertz CT molecular complexity index is 1110. The standard InChI is InChI=1S/C20H16Cl2N2O4/c1-3-28-20(27)13-8-11(21)9-15-16(13)17(23-10(2)25)18(24-15)19(26)12-6-4-5-7-14(12)22/h4-9,24H,3H2,1-2H3,(H,23,25). The summed E-state index contributed by atoms with van der Waals surface area (Å²) in [6, 6.07) is 9.56. The van der Waals surface area contributed by atoms with E-state index in [-0.39, 0.29) is 39.2 Å². The number of hydrogen-bond acceptors (Lipinski definition) is 4. The predicted octanol–water partition coefficient (Wildman–Crippen LogP) is 4.84. The summed E-state index contributed by atoms with van der Waals surface area (Å²) in [5.41, 5.74) is 1.07. The zero-order valence-corrected chi connectivity index (χ0v) is 16.6. The van der Waals surface area contributed by atoms with Crippen LogP contribution in [0, 0.1) is 0 Å². The lowest BCUT2D eigenvalue weighted by molar-refractivity contribution is -0.114. The van der Waals surface area contributed by atoms with Crippen molar-refractivity contribution in [3.05, 3.63) is 63.3 Å². The van der Waals surface area contributed by atoms with Crippen molar-refractivity contribution in [1.82, 2.24) is 4.98 Å². The smallest absolute Gasteiger partial charge is 0.338 e. The third-order valence-corrected chi connectivity index (χ3v) is 4.55. The van der Waals surface area contributed by atoms with E-state index in [1.165, 1.54) is 13.0 Å². The Kier molecular flexibility index (Phi) is 5.72. The van der Waals surface area contributed by atoms with Gasteiger partial charge in [0.15, 0.2) is 0 Å². The molecule has 0 aliphatic heterocycles. The molecule has 0 unspecified atom stereocenters. The topological polar surface area (TPSA) is 88.3 Å². The number of halogens is 2. The quantitative estimate of drug-likeness (QED) is 0.458. The molecule has 0 radical (unpaired) electrons. The molecule has 0 aliphatic carbocycles. The summed E-state index contributed by atoms with van der Waals surface area (Å²) in [7, 11) is 0. The fraction of sp³-hybridized carbons (Fsp3) is 0.150. The normalized spacial score (nSPS) is 10.7. The maximum atomic E-state index is 13.1. The molecule has 3 rings (SSSR count). The highest BCUT2D eigenvalue weighted by molar-refractivity contribution is 6.36. The van der Waals surface area contributed by atoms with Gasteiger partial charge in [-0.25, -0.2) is 4.79 Å². The van der Waals surface area contributed by atoms with Gasteiger partial charge in [-0.15, -0.1) is 0 Å². The number of carbonyl (C=O) groups is 3. The Labute approximate surface area is 170 Å². The second kappa shape index (κ2) is 8.04. The second-order valence-corrected chi connectivity index (χ2v) is 6.81. The van der Waals surface area contributed by atoms with Crippen molar-refractivity contribution < 1.29 is 19.1 Å². The van der Waals surface area contributed by atoms with Crippen molar-refractivity contribution in [3.8, 4) is 0 Å². The van der Waals surface area contributed by atoms with Crippen LogP contribution in [0.5, 0.6) is 0 Å². The Morgan fingerprint density at radius 2 is 1.82 bits per heavy atom. The van der Waals surface area contributed by atoms with Crippen molar-refractivity contribution in [2.24, 2.45) is 0 Å². The van der Waals surface area contributed by atoms with Gasteiger partial charge in [-0.1, -0.05) is 35.3 Å². The van der Waals surface area contributed by atoms with E-state index in [1.54, 1.807) is 37.3 Å². The SMILES string of the molecule is CCOC(=O)c1cc(Cl)cc2[nH]c(C(=O)c3ccccc3Cl)c(NC(C)=O)c12. The van der Waals surface area contributed by atoms with Gasteiger partial charge in [-0.3, -0.25) is 9.59 Å². The number of nitrogens with one attached hydrogen (secondary N) is 2. The Morgan fingerprint density at radius 1 is 1.11 bits per heavy atom. The minimum Gasteiger partial charge on any atom is -0.462 e. The van der Waals surface area contributed by atoms with Crippen molar-refractivity contribution in [2.45, 2.75) is 13.8 Å². The maximum Gasteiger partial charge on any atom is 0.338 e. The Hall–Kier alpha value is -2.83. The molecule has 1 aromatic heterocycles. The first-order valence-electron chi connectivity index (χ1n) is 8.42. The van der Waals surface area contributed by atoms with Crippen LogP contribution in [-0.4, -0.2) is 29.3 Å². The van der Waals surface area contributed by atoms with E-state index in [0.29, 0.717) is 10.9 Å². The van der Waals surface area contributed by atoms with E-state index in [2.05, 4.69) is 10.3 Å². The minimum atomic E-state index is -0.614. The van der Waals surface area contributed by atoms with Gasteiger partial charge in [0, 0.05) is 22.9 Å². The van der Waals surface area contributed by atoms with Crippen molar-refractivity contribution in [3.63, 3.8) is 0 Å². The number of hydrogen-bond donors (Lipinski definition) is 2. The van der Waals surface area contributed by atoms with Crippen LogP contribution in [0.3, 0.4) is 0 Å². The molecule has 0 bridgehead atoms. The average Bonchev–Trinajstić information content (AvgIpc) is 2.98. The van der Waals surface area contributed by atoms with Gasteiger partial charge in [0.05, 0.1) is 28.4 Å². The molecule has 0 aliphatic rings. The predicted molar refractivity (Wildman–Crippen MR) is 108 cm³/mol. The van der Waals surface area contributed by atoms with Crippen LogP contribution in [0.4, 0.5) is 5.69 Å². The van der Waals surface area contributed by atoms with E-state index in [0.717, 1.165) is 0 Å². The van der Waals surface area contributed by atoms with Gasteiger partial charge in [0.1, 0.15) is 5.69 Å². The molecule has 0 saturated carbocycles. The fourth-order valence-corrected chi connectivity index (χ4v) is 3.36. The minimum absolute atomic E-state index is 0.0890. The Morgan fingerprint density at radius 3 is 2.46 bits per heavy atom. The summed E-state index contributed by atoms with van der Waals surface area (Å²) in [5, 5.41) is 3.53. The van der Waals surface area contributed by atoms with Crippen molar-refractivity contribution in [2.75, 3.05) is 11.9 Å². The van der Waals surface area contributed by atoms with E-state index in [1.807, 2.05) is 0 Å². The van der Waals surface area contributed by atoms with Crippen LogP contribution < -0.4 is 5.32 Å². The number of rotatable bonds is 5. The lowest BCUT2D eigenvalue weighted by Gasteiger charge is -2.09. The molecule has 1 heterocycles.